The minimum atomic E-state index is -1.17. The maximum atomic E-state index is 10.7. The number of quaternary nitrogens is 1. The first-order valence-corrected chi connectivity index (χ1v) is 6.45. The molecule has 18 heavy (non-hydrogen) atoms. The Hall–Kier alpha value is -1.55. The minimum Gasteiger partial charge on any atom is -0.545 e. The van der Waals surface area contributed by atoms with Gasteiger partial charge in [-0.05, 0) is 26.0 Å². The summed E-state index contributed by atoms with van der Waals surface area (Å²) in [6, 6.07) is 6.43. The number of rotatable bonds is 8. The van der Waals surface area contributed by atoms with Gasteiger partial charge in [0.05, 0.1) is 32.2 Å². The van der Waals surface area contributed by atoms with Crippen LogP contribution in [0, 0.1) is 0 Å². The number of ether oxygens (including phenoxy) is 1. The molecule has 1 aromatic rings. The second kappa shape index (κ2) is 7.71. The van der Waals surface area contributed by atoms with Crippen LogP contribution < -0.4 is 14.7 Å². The molecule has 0 radical (unpaired) electrons. The van der Waals surface area contributed by atoms with Crippen molar-refractivity contribution in [1.29, 1.82) is 0 Å². The third-order valence-electron chi connectivity index (χ3n) is 3.01. The van der Waals surface area contributed by atoms with E-state index in [0.29, 0.717) is 12.4 Å². The standard InChI is InChI=1S/C14H21NO3/c1-3-15(4-2)9-6-10-18-13-8-5-7-12(11-13)14(16)17/h5,7-8,11H,3-4,6,9-10H2,1-2H3,(H,16,17). The van der Waals surface area contributed by atoms with Crippen molar-refractivity contribution in [2.75, 3.05) is 26.2 Å². The molecule has 0 heterocycles. The number of hydrogen-bond acceptors (Lipinski definition) is 3. The first-order valence-electron chi connectivity index (χ1n) is 6.45. The fraction of sp³-hybridized carbons (Fsp3) is 0.500. The number of carbonyl (C=O) groups is 1. The number of carbonyl (C=O) groups excluding carboxylic acids is 1. The van der Waals surface area contributed by atoms with Gasteiger partial charge in [-0.3, -0.25) is 0 Å². The lowest BCUT2D eigenvalue weighted by atomic mass is 10.2. The summed E-state index contributed by atoms with van der Waals surface area (Å²) in [7, 11) is 0. The van der Waals surface area contributed by atoms with Crippen LogP contribution in [0.25, 0.3) is 0 Å². The Balaban J connectivity index is 2.35. The van der Waals surface area contributed by atoms with E-state index in [1.165, 1.54) is 12.1 Å². The predicted molar refractivity (Wildman–Crippen MR) is 67.8 cm³/mol. The van der Waals surface area contributed by atoms with Gasteiger partial charge in [0.25, 0.3) is 0 Å². The van der Waals surface area contributed by atoms with Crippen LogP contribution in [0.2, 0.25) is 0 Å². The molecule has 0 bridgehead atoms. The Morgan fingerprint density at radius 2 is 2.06 bits per heavy atom. The minimum absolute atomic E-state index is 0.155. The average Bonchev–Trinajstić information content (AvgIpc) is 2.39. The Morgan fingerprint density at radius 3 is 2.67 bits per heavy atom. The number of hydrogen-bond donors (Lipinski definition) is 1. The van der Waals surface area contributed by atoms with E-state index in [1.807, 2.05) is 0 Å². The number of carboxylic acid groups (broad SMARTS) is 1. The summed E-state index contributed by atoms with van der Waals surface area (Å²) in [4.78, 5) is 12.2. The van der Waals surface area contributed by atoms with Gasteiger partial charge in [-0.15, -0.1) is 0 Å². The van der Waals surface area contributed by atoms with Crippen LogP contribution in [-0.4, -0.2) is 32.2 Å². The molecule has 0 amide bonds. The Morgan fingerprint density at radius 1 is 1.33 bits per heavy atom. The summed E-state index contributed by atoms with van der Waals surface area (Å²) in [6.45, 7) is 8.27. The van der Waals surface area contributed by atoms with Gasteiger partial charge in [-0.25, -0.2) is 0 Å². The molecule has 4 heteroatoms. The molecule has 0 aromatic heterocycles. The van der Waals surface area contributed by atoms with E-state index in [1.54, 1.807) is 17.0 Å². The van der Waals surface area contributed by atoms with Gasteiger partial charge in [-0.2, -0.15) is 0 Å². The van der Waals surface area contributed by atoms with Crippen molar-refractivity contribution in [3.63, 3.8) is 0 Å². The quantitative estimate of drug-likeness (QED) is 0.648. The van der Waals surface area contributed by atoms with Crippen molar-refractivity contribution in [1.82, 2.24) is 0 Å². The molecule has 0 fully saturated rings. The van der Waals surface area contributed by atoms with Crippen LogP contribution in [-0.2, 0) is 0 Å². The highest BCUT2D eigenvalue weighted by Gasteiger charge is 2.02. The number of nitrogens with one attached hydrogen (secondary N) is 1. The van der Waals surface area contributed by atoms with Crippen molar-refractivity contribution in [3.05, 3.63) is 29.8 Å². The zero-order valence-electron chi connectivity index (χ0n) is 11.1. The first-order chi connectivity index (χ1) is 8.67. The van der Waals surface area contributed by atoms with Gasteiger partial charge in [0.1, 0.15) is 5.75 Å². The predicted octanol–water partition coefficient (Wildman–Crippen LogP) is -0.256. The lowest BCUT2D eigenvalue weighted by Crippen LogP contribution is -3.11. The lowest BCUT2D eigenvalue weighted by molar-refractivity contribution is -0.896. The summed E-state index contributed by atoms with van der Waals surface area (Å²) in [5.74, 6) is -0.584. The molecule has 0 aliphatic heterocycles. The van der Waals surface area contributed by atoms with Crippen LogP contribution >= 0.6 is 0 Å². The normalized spacial score (nSPS) is 10.6. The summed E-state index contributed by atoms with van der Waals surface area (Å²) < 4.78 is 5.53. The SMILES string of the molecule is CC[NH+](CC)CCCOc1cccc(C(=O)[O-])c1. The molecule has 0 aliphatic carbocycles. The molecule has 1 aromatic carbocycles. The third kappa shape index (κ3) is 4.75. The average molecular weight is 251 g/mol. The van der Waals surface area contributed by atoms with Crippen LogP contribution in [0.4, 0.5) is 0 Å². The Bertz CT molecular complexity index is 375. The van der Waals surface area contributed by atoms with Gasteiger partial charge in [-0.1, -0.05) is 12.1 Å². The van der Waals surface area contributed by atoms with Crippen molar-refractivity contribution in [3.8, 4) is 5.75 Å². The molecular formula is C14H21NO3. The van der Waals surface area contributed by atoms with E-state index in [2.05, 4.69) is 13.8 Å². The van der Waals surface area contributed by atoms with Gasteiger partial charge >= 0.3 is 0 Å². The molecule has 1 N–H and O–H groups in total. The van der Waals surface area contributed by atoms with E-state index in [9.17, 15) is 9.90 Å². The first kappa shape index (κ1) is 14.5. The largest absolute Gasteiger partial charge is 0.545 e. The van der Waals surface area contributed by atoms with E-state index in [0.717, 1.165) is 26.1 Å². The highest BCUT2D eigenvalue weighted by atomic mass is 16.5. The Labute approximate surface area is 108 Å². The van der Waals surface area contributed by atoms with Crippen LogP contribution in [0.1, 0.15) is 30.6 Å². The van der Waals surface area contributed by atoms with E-state index < -0.39 is 5.97 Å². The van der Waals surface area contributed by atoms with E-state index in [4.69, 9.17) is 4.74 Å². The maximum Gasteiger partial charge on any atom is 0.119 e. The molecule has 1 rings (SSSR count). The molecule has 4 nitrogen and oxygen atoms in total. The second-order valence-electron chi connectivity index (χ2n) is 4.22. The molecule has 0 spiro atoms. The highest BCUT2D eigenvalue weighted by Crippen LogP contribution is 2.12. The molecule has 0 atom stereocenters. The van der Waals surface area contributed by atoms with Gasteiger partial charge < -0.3 is 19.5 Å². The number of carboxylic acids is 1. The van der Waals surface area contributed by atoms with Gasteiger partial charge in [0, 0.05) is 12.0 Å². The van der Waals surface area contributed by atoms with Crippen LogP contribution in [0.15, 0.2) is 24.3 Å². The summed E-state index contributed by atoms with van der Waals surface area (Å²) in [6.07, 6.45) is 0.965. The zero-order chi connectivity index (χ0) is 13.4. The fourth-order valence-corrected chi connectivity index (χ4v) is 1.83. The van der Waals surface area contributed by atoms with Crippen LogP contribution in [0.5, 0.6) is 5.75 Å². The third-order valence-corrected chi connectivity index (χ3v) is 3.01. The van der Waals surface area contributed by atoms with E-state index >= 15 is 0 Å². The molecular weight excluding hydrogens is 230 g/mol. The Kier molecular flexibility index (Phi) is 6.22. The number of benzene rings is 1. The smallest absolute Gasteiger partial charge is 0.119 e. The lowest BCUT2D eigenvalue weighted by Gasteiger charge is -2.15. The van der Waals surface area contributed by atoms with Crippen molar-refractivity contribution in [2.45, 2.75) is 20.3 Å². The zero-order valence-corrected chi connectivity index (χ0v) is 11.1. The maximum absolute atomic E-state index is 10.7. The van der Waals surface area contributed by atoms with Gasteiger partial charge in [0.15, 0.2) is 0 Å². The monoisotopic (exact) mass is 251 g/mol. The topological polar surface area (TPSA) is 53.8 Å². The fourth-order valence-electron chi connectivity index (χ4n) is 1.83. The highest BCUT2D eigenvalue weighted by molar-refractivity contribution is 5.86. The van der Waals surface area contributed by atoms with Crippen molar-refractivity contribution < 1.29 is 19.5 Å². The van der Waals surface area contributed by atoms with Crippen molar-refractivity contribution in [2.24, 2.45) is 0 Å². The number of aromatic carboxylic acids is 1. The molecule has 0 saturated carbocycles. The van der Waals surface area contributed by atoms with Crippen molar-refractivity contribution >= 4 is 5.97 Å². The summed E-state index contributed by atoms with van der Waals surface area (Å²) >= 11 is 0. The second-order valence-corrected chi connectivity index (χ2v) is 4.22. The molecule has 0 aliphatic rings. The van der Waals surface area contributed by atoms with E-state index in [-0.39, 0.29) is 5.56 Å². The molecule has 0 saturated heterocycles. The summed E-state index contributed by atoms with van der Waals surface area (Å²) in [5, 5.41) is 10.7. The van der Waals surface area contributed by atoms with Crippen LogP contribution in [0.3, 0.4) is 0 Å². The summed E-state index contributed by atoms with van der Waals surface area (Å²) in [5.41, 5.74) is 0.155. The molecule has 100 valence electrons. The molecule has 0 unspecified atom stereocenters. The van der Waals surface area contributed by atoms with Gasteiger partial charge in [0.2, 0.25) is 0 Å².